The van der Waals surface area contributed by atoms with Crippen LogP contribution in [-0.4, -0.2) is 31.5 Å². The molecule has 170 valence electrons. The molecule has 0 radical (unpaired) electrons. The van der Waals surface area contributed by atoms with Crippen LogP contribution < -0.4 is 4.90 Å². The lowest BCUT2D eigenvalue weighted by molar-refractivity contribution is -0.125. The summed E-state index contributed by atoms with van der Waals surface area (Å²) in [5.74, 6) is 2.08. The zero-order chi connectivity index (χ0) is 22.6. The van der Waals surface area contributed by atoms with Crippen LogP contribution in [0.15, 0.2) is 47.1 Å². The molecular weight excluding hydrogens is 418 g/mol. The number of benzene rings is 1. The minimum atomic E-state index is -0.00269. The van der Waals surface area contributed by atoms with Crippen LogP contribution in [0.4, 0.5) is 5.69 Å². The molecule has 0 saturated heterocycles. The lowest BCUT2D eigenvalue weighted by atomic mass is 9.51. The van der Waals surface area contributed by atoms with Crippen LogP contribution in [-0.2, 0) is 9.59 Å². The fourth-order valence-corrected chi connectivity index (χ4v) is 7.77. The molecule has 5 unspecified atom stereocenters. The number of anilines is 1. The highest BCUT2D eigenvalue weighted by Crippen LogP contribution is 2.65. The van der Waals surface area contributed by atoms with Crippen LogP contribution in [0.25, 0.3) is 0 Å². The van der Waals surface area contributed by atoms with Gasteiger partial charge in [-0.25, -0.2) is 0 Å². The van der Waals surface area contributed by atoms with Gasteiger partial charge in [-0.3, -0.25) is 9.59 Å². The van der Waals surface area contributed by atoms with Gasteiger partial charge >= 0.3 is 0 Å². The maximum atomic E-state index is 12.9. The van der Waals surface area contributed by atoms with Crippen molar-refractivity contribution in [3.05, 3.63) is 52.6 Å². The molecule has 0 bridgehead atoms. The molecule has 0 amide bonds. The maximum absolute atomic E-state index is 12.9. The van der Waals surface area contributed by atoms with Crippen LogP contribution in [0.5, 0.6) is 0 Å². The summed E-state index contributed by atoms with van der Waals surface area (Å²) in [6, 6.07) is 9.00. The summed E-state index contributed by atoms with van der Waals surface area (Å²) in [5.41, 5.74) is 6.90. The molecule has 32 heavy (non-hydrogen) atoms. The number of ketones is 2. The number of fused-ring (bicyclic) bond motifs is 4. The van der Waals surface area contributed by atoms with Gasteiger partial charge in [0, 0.05) is 38.0 Å². The van der Waals surface area contributed by atoms with Gasteiger partial charge in [0.1, 0.15) is 0 Å². The largest absolute Gasteiger partial charge is 0.378 e. The molecule has 4 heteroatoms. The fraction of sp³-hybridized carbons (Fsp3) is 0.571. The topological polar surface area (TPSA) is 37.4 Å². The minimum absolute atomic E-state index is 0.00269. The molecule has 4 aliphatic carbocycles. The second-order valence-electron chi connectivity index (χ2n) is 10.8. The third-order valence-electron chi connectivity index (χ3n) is 9.06. The summed E-state index contributed by atoms with van der Waals surface area (Å²) in [5, 5.41) is 0. The molecule has 4 aliphatic rings. The van der Waals surface area contributed by atoms with Gasteiger partial charge in [0.15, 0.2) is 11.6 Å². The average Bonchev–Trinajstić information content (AvgIpc) is 3.14. The number of hydrogen-bond acceptors (Lipinski definition) is 3. The third-order valence-corrected chi connectivity index (χ3v) is 9.33. The van der Waals surface area contributed by atoms with Crippen molar-refractivity contribution in [3.63, 3.8) is 0 Å². The van der Waals surface area contributed by atoms with E-state index in [2.05, 4.69) is 50.2 Å². The molecule has 0 spiro atoms. The zero-order valence-electron chi connectivity index (χ0n) is 19.5. The van der Waals surface area contributed by atoms with Crippen LogP contribution in [0.1, 0.15) is 63.4 Å². The number of rotatable bonds is 4. The highest BCUT2D eigenvalue weighted by molar-refractivity contribution is 6.28. The Morgan fingerprint density at radius 1 is 1.09 bits per heavy atom. The van der Waals surface area contributed by atoms with Gasteiger partial charge in [0.25, 0.3) is 0 Å². The zero-order valence-corrected chi connectivity index (χ0v) is 20.3. The van der Waals surface area contributed by atoms with Gasteiger partial charge in [-0.2, -0.15) is 0 Å². The quantitative estimate of drug-likeness (QED) is 0.521. The molecule has 0 heterocycles. The number of halogens is 1. The number of carbonyl (C=O) groups excluding carboxylic acids is 2. The number of alkyl halides is 1. The summed E-state index contributed by atoms with van der Waals surface area (Å²) in [6.07, 6.45) is 8.65. The monoisotopic (exact) mass is 451 g/mol. The molecular formula is C28H34ClNO2. The lowest BCUT2D eigenvalue weighted by Crippen LogP contribution is -2.45. The highest BCUT2D eigenvalue weighted by Gasteiger charge is 2.57. The summed E-state index contributed by atoms with van der Waals surface area (Å²) in [6.45, 7) is 2.37. The van der Waals surface area contributed by atoms with E-state index >= 15 is 0 Å². The van der Waals surface area contributed by atoms with Crippen molar-refractivity contribution in [1.29, 1.82) is 0 Å². The predicted octanol–water partition coefficient (Wildman–Crippen LogP) is 6.08. The molecule has 5 atom stereocenters. The van der Waals surface area contributed by atoms with E-state index in [-0.39, 0.29) is 28.8 Å². The van der Waals surface area contributed by atoms with E-state index in [4.69, 9.17) is 11.6 Å². The molecule has 0 N–H and O–H groups in total. The standard InChI is InChI=1S/C28H34ClNO2/c1-28-15-23(17-4-7-19(8-5-17)30(2)3)27-21-11-9-20(31)14-18(21)6-10-22(27)24(28)12-13-25(28)26(32)16-29/h4-5,7-8,14,22-25H,6,9-13,15-16H2,1-3H3. The van der Waals surface area contributed by atoms with Gasteiger partial charge in [-0.15, -0.1) is 11.6 Å². The number of hydrogen-bond donors (Lipinski definition) is 0. The maximum Gasteiger partial charge on any atom is 0.156 e. The van der Waals surface area contributed by atoms with Crippen LogP contribution in [0.2, 0.25) is 0 Å². The average molecular weight is 452 g/mol. The first-order valence-corrected chi connectivity index (χ1v) is 12.7. The van der Waals surface area contributed by atoms with Crippen LogP contribution in [0, 0.1) is 23.2 Å². The smallest absolute Gasteiger partial charge is 0.156 e. The highest BCUT2D eigenvalue weighted by atomic mass is 35.5. The predicted molar refractivity (Wildman–Crippen MR) is 130 cm³/mol. The normalized spacial score (nSPS) is 33.9. The van der Waals surface area contributed by atoms with E-state index in [1.54, 1.807) is 5.57 Å². The molecule has 1 aromatic carbocycles. The Balaban J connectivity index is 1.64. The van der Waals surface area contributed by atoms with E-state index in [1.807, 2.05) is 6.08 Å². The Morgan fingerprint density at radius 2 is 1.84 bits per heavy atom. The van der Waals surface area contributed by atoms with E-state index in [0.29, 0.717) is 24.2 Å². The SMILES string of the molecule is CN(C)c1ccc(C2CC3(C)C(C(=O)CCl)CCC3C3CCC4=CC(=O)CCC4=C23)cc1. The Bertz CT molecular complexity index is 1000. The van der Waals surface area contributed by atoms with E-state index in [1.165, 1.54) is 22.4 Å². The second kappa shape index (κ2) is 8.17. The van der Waals surface area contributed by atoms with Gasteiger partial charge in [-0.05, 0) is 90.7 Å². The Labute approximate surface area is 196 Å². The van der Waals surface area contributed by atoms with Crippen molar-refractivity contribution in [3.8, 4) is 0 Å². The second-order valence-corrected chi connectivity index (χ2v) is 11.1. The summed E-state index contributed by atoms with van der Waals surface area (Å²) < 4.78 is 0. The van der Waals surface area contributed by atoms with Gasteiger partial charge in [0.05, 0.1) is 5.88 Å². The molecule has 3 nitrogen and oxygen atoms in total. The number of Topliss-reactive ketones (excluding diaryl/α,β-unsaturated/α-hetero) is 1. The van der Waals surface area contributed by atoms with Gasteiger partial charge in [-0.1, -0.05) is 24.6 Å². The van der Waals surface area contributed by atoms with Crippen molar-refractivity contribution in [1.82, 2.24) is 0 Å². The molecule has 0 aromatic heterocycles. The lowest BCUT2D eigenvalue weighted by Gasteiger charge is -2.52. The first kappa shape index (κ1) is 21.9. The van der Waals surface area contributed by atoms with Gasteiger partial charge < -0.3 is 4.90 Å². The first-order valence-electron chi connectivity index (χ1n) is 12.2. The number of allylic oxidation sites excluding steroid dienone is 4. The Kier molecular flexibility index (Phi) is 5.60. The summed E-state index contributed by atoms with van der Waals surface area (Å²) >= 11 is 6.06. The van der Waals surface area contributed by atoms with Crippen molar-refractivity contribution in [2.24, 2.45) is 23.2 Å². The van der Waals surface area contributed by atoms with E-state index < -0.39 is 0 Å². The minimum Gasteiger partial charge on any atom is -0.378 e. The third kappa shape index (κ3) is 3.39. The first-order chi connectivity index (χ1) is 15.3. The Hall–Kier alpha value is -1.87. The molecule has 0 aliphatic heterocycles. The van der Waals surface area contributed by atoms with Crippen molar-refractivity contribution < 1.29 is 9.59 Å². The number of carbonyl (C=O) groups is 2. The van der Waals surface area contributed by atoms with Crippen LogP contribution >= 0.6 is 11.6 Å². The number of nitrogens with zero attached hydrogens (tertiary/aromatic N) is 1. The summed E-state index contributed by atoms with van der Waals surface area (Å²) in [4.78, 5) is 27.2. The van der Waals surface area contributed by atoms with Crippen molar-refractivity contribution >= 4 is 28.9 Å². The molecule has 2 fully saturated rings. The van der Waals surface area contributed by atoms with Crippen molar-refractivity contribution in [2.75, 3.05) is 24.9 Å². The van der Waals surface area contributed by atoms with E-state index in [0.717, 1.165) is 38.5 Å². The fourth-order valence-electron chi connectivity index (χ4n) is 7.58. The Morgan fingerprint density at radius 3 is 2.53 bits per heavy atom. The molecule has 1 aromatic rings. The molecule has 2 saturated carbocycles. The molecule has 5 rings (SSSR count). The van der Waals surface area contributed by atoms with Gasteiger partial charge in [0.2, 0.25) is 0 Å². The van der Waals surface area contributed by atoms with Crippen LogP contribution in [0.3, 0.4) is 0 Å². The van der Waals surface area contributed by atoms with Crippen molar-refractivity contribution in [2.45, 2.75) is 57.8 Å². The summed E-state index contributed by atoms with van der Waals surface area (Å²) in [7, 11) is 4.14. The van der Waals surface area contributed by atoms with E-state index in [9.17, 15) is 9.59 Å².